The third-order valence-electron chi connectivity index (χ3n) is 3.02. The molecule has 0 spiro atoms. The standard InChI is InChI=1S/C16H17FN2O/c1-11-2-7-14(17)15(8-11)19-16(20)9-12-3-5-13(10-18)6-4-12/h2-8H,9-10,18H2,1H3,(H,19,20). The van der Waals surface area contributed by atoms with Crippen molar-refractivity contribution in [1.29, 1.82) is 0 Å². The molecule has 3 N–H and O–H groups in total. The van der Waals surface area contributed by atoms with E-state index >= 15 is 0 Å². The number of halogens is 1. The Morgan fingerprint density at radius 3 is 2.45 bits per heavy atom. The minimum atomic E-state index is -0.428. The van der Waals surface area contributed by atoms with E-state index in [4.69, 9.17) is 5.73 Å². The molecule has 1 amide bonds. The van der Waals surface area contributed by atoms with E-state index in [1.165, 1.54) is 6.07 Å². The molecule has 3 nitrogen and oxygen atoms in total. The van der Waals surface area contributed by atoms with Crippen LogP contribution in [0.3, 0.4) is 0 Å². The van der Waals surface area contributed by atoms with Gasteiger partial charge in [-0.3, -0.25) is 4.79 Å². The third kappa shape index (κ3) is 3.65. The molecule has 0 atom stereocenters. The van der Waals surface area contributed by atoms with E-state index in [9.17, 15) is 9.18 Å². The van der Waals surface area contributed by atoms with Gasteiger partial charge in [0.25, 0.3) is 0 Å². The fraction of sp³-hybridized carbons (Fsp3) is 0.188. The molecule has 0 aliphatic rings. The fourth-order valence-corrected chi connectivity index (χ4v) is 1.91. The highest BCUT2D eigenvalue weighted by Gasteiger charge is 2.08. The van der Waals surface area contributed by atoms with Crippen LogP contribution in [-0.2, 0) is 17.8 Å². The molecule has 0 aromatic heterocycles. The van der Waals surface area contributed by atoms with E-state index < -0.39 is 5.82 Å². The maximum atomic E-state index is 13.5. The zero-order valence-electron chi connectivity index (χ0n) is 11.3. The van der Waals surface area contributed by atoms with Crippen LogP contribution in [0.1, 0.15) is 16.7 Å². The first-order valence-corrected chi connectivity index (χ1v) is 6.42. The lowest BCUT2D eigenvalue weighted by atomic mass is 10.1. The molecule has 0 bridgehead atoms. The minimum Gasteiger partial charge on any atom is -0.326 e. The summed E-state index contributed by atoms with van der Waals surface area (Å²) in [6.07, 6.45) is 0.207. The van der Waals surface area contributed by atoms with Crippen molar-refractivity contribution in [1.82, 2.24) is 0 Å². The summed E-state index contributed by atoms with van der Waals surface area (Å²) in [4.78, 5) is 11.9. The lowest BCUT2D eigenvalue weighted by molar-refractivity contribution is -0.115. The van der Waals surface area contributed by atoms with Crippen molar-refractivity contribution >= 4 is 11.6 Å². The molecule has 0 unspecified atom stereocenters. The highest BCUT2D eigenvalue weighted by Crippen LogP contribution is 2.16. The molecule has 0 heterocycles. The maximum absolute atomic E-state index is 13.5. The predicted octanol–water partition coefficient (Wildman–Crippen LogP) is 2.77. The van der Waals surface area contributed by atoms with Gasteiger partial charge in [0.15, 0.2) is 0 Å². The molecule has 0 radical (unpaired) electrons. The Hall–Kier alpha value is -2.20. The summed E-state index contributed by atoms with van der Waals surface area (Å²) in [5.74, 6) is -0.669. The summed E-state index contributed by atoms with van der Waals surface area (Å²) in [7, 11) is 0. The molecular formula is C16H17FN2O. The Bertz CT molecular complexity index is 608. The lowest BCUT2D eigenvalue weighted by Gasteiger charge is -2.08. The molecule has 0 aliphatic carbocycles. The summed E-state index contributed by atoms with van der Waals surface area (Å²) in [5, 5.41) is 2.59. The summed E-state index contributed by atoms with van der Waals surface area (Å²) >= 11 is 0. The van der Waals surface area contributed by atoms with Crippen molar-refractivity contribution in [3.8, 4) is 0 Å². The van der Waals surface area contributed by atoms with Crippen LogP contribution >= 0.6 is 0 Å². The number of carbonyl (C=O) groups excluding carboxylic acids is 1. The molecule has 0 saturated heterocycles. The second-order valence-corrected chi connectivity index (χ2v) is 4.73. The van der Waals surface area contributed by atoms with Gasteiger partial charge in [-0.1, -0.05) is 30.3 Å². The SMILES string of the molecule is Cc1ccc(F)c(NC(=O)Cc2ccc(CN)cc2)c1. The van der Waals surface area contributed by atoms with Crippen LogP contribution in [0.25, 0.3) is 0 Å². The van der Waals surface area contributed by atoms with Crippen molar-refractivity contribution in [3.63, 3.8) is 0 Å². The molecule has 104 valence electrons. The van der Waals surface area contributed by atoms with Crippen molar-refractivity contribution in [2.75, 3.05) is 5.32 Å². The highest BCUT2D eigenvalue weighted by molar-refractivity contribution is 5.92. The predicted molar refractivity (Wildman–Crippen MR) is 77.8 cm³/mol. The molecule has 20 heavy (non-hydrogen) atoms. The largest absolute Gasteiger partial charge is 0.326 e. The van der Waals surface area contributed by atoms with Crippen LogP contribution in [-0.4, -0.2) is 5.91 Å². The van der Waals surface area contributed by atoms with Crippen LogP contribution < -0.4 is 11.1 Å². The van der Waals surface area contributed by atoms with Gasteiger partial charge in [-0.15, -0.1) is 0 Å². The smallest absolute Gasteiger partial charge is 0.228 e. The van der Waals surface area contributed by atoms with Crippen LogP contribution in [0, 0.1) is 12.7 Å². The Labute approximate surface area is 117 Å². The number of nitrogens with two attached hydrogens (primary N) is 1. The summed E-state index contributed by atoms with van der Waals surface area (Å²) in [6.45, 7) is 2.32. The highest BCUT2D eigenvalue weighted by atomic mass is 19.1. The molecule has 4 heteroatoms. The second-order valence-electron chi connectivity index (χ2n) is 4.73. The third-order valence-corrected chi connectivity index (χ3v) is 3.02. The molecule has 2 rings (SSSR count). The molecule has 2 aromatic rings. The number of hydrogen-bond acceptors (Lipinski definition) is 2. The molecular weight excluding hydrogens is 255 g/mol. The van der Waals surface area contributed by atoms with E-state index in [1.807, 2.05) is 31.2 Å². The number of aryl methyl sites for hydroxylation is 1. The van der Waals surface area contributed by atoms with Gasteiger partial charge in [0.2, 0.25) is 5.91 Å². The van der Waals surface area contributed by atoms with E-state index in [0.717, 1.165) is 16.7 Å². The molecule has 0 saturated carbocycles. The van der Waals surface area contributed by atoms with E-state index in [1.54, 1.807) is 12.1 Å². The van der Waals surface area contributed by atoms with E-state index in [0.29, 0.717) is 6.54 Å². The van der Waals surface area contributed by atoms with Crippen molar-refractivity contribution in [2.24, 2.45) is 5.73 Å². The molecule has 0 fully saturated rings. The monoisotopic (exact) mass is 272 g/mol. The normalized spacial score (nSPS) is 10.3. The van der Waals surface area contributed by atoms with Crippen molar-refractivity contribution < 1.29 is 9.18 Å². The first kappa shape index (κ1) is 14.2. The van der Waals surface area contributed by atoms with Gasteiger partial charge >= 0.3 is 0 Å². The van der Waals surface area contributed by atoms with Crippen molar-refractivity contribution in [3.05, 3.63) is 65.0 Å². The average molecular weight is 272 g/mol. The first-order chi connectivity index (χ1) is 9.58. The lowest BCUT2D eigenvalue weighted by Crippen LogP contribution is -2.15. The summed E-state index contributed by atoms with van der Waals surface area (Å²) in [6, 6.07) is 12.1. The van der Waals surface area contributed by atoms with Gasteiger partial charge in [-0.2, -0.15) is 0 Å². The van der Waals surface area contributed by atoms with Crippen LogP contribution in [0.4, 0.5) is 10.1 Å². The number of carbonyl (C=O) groups is 1. The minimum absolute atomic E-state index is 0.207. The maximum Gasteiger partial charge on any atom is 0.228 e. The van der Waals surface area contributed by atoms with E-state index in [2.05, 4.69) is 5.32 Å². The molecule has 2 aromatic carbocycles. The number of rotatable bonds is 4. The van der Waals surface area contributed by atoms with Crippen LogP contribution in [0.15, 0.2) is 42.5 Å². The topological polar surface area (TPSA) is 55.1 Å². The zero-order valence-corrected chi connectivity index (χ0v) is 11.3. The Kier molecular flexibility index (Phi) is 4.48. The Balaban J connectivity index is 2.03. The van der Waals surface area contributed by atoms with Gasteiger partial charge < -0.3 is 11.1 Å². The van der Waals surface area contributed by atoms with Gasteiger partial charge in [0, 0.05) is 6.54 Å². The average Bonchev–Trinajstić information content (AvgIpc) is 2.43. The summed E-state index contributed by atoms with van der Waals surface area (Å²) < 4.78 is 13.5. The number of anilines is 1. The van der Waals surface area contributed by atoms with Crippen LogP contribution in [0.2, 0.25) is 0 Å². The Morgan fingerprint density at radius 2 is 1.80 bits per heavy atom. The zero-order chi connectivity index (χ0) is 14.5. The van der Waals surface area contributed by atoms with Gasteiger partial charge in [0.05, 0.1) is 12.1 Å². The van der Waals surface area contributed by atoms with E-state index in [-0.39, 0.29) is 18.0 Å². The number of nitrogens with one attached hydrogen (secondary N) is 1. The van der Waals surface area contributed by atoms with Gasteiger partial charge in [-0.05, 0) is 35.7 Å². The second kappa shape index (κ2) is 6.30. The molecule has 0 aliphatic heterocycles. The number of amides is 1. The quantitative estimate of drug-likeness (QED) is 0.899. The van der Waals surface area contributed by atoms with Gasteiger partial charge in [-0.25, -0.2) is 4.39 Å². The Morgan fingerprint density at radius 1 is 1.15 bits per heavy atom. The number of benzene rings is 2. The summed E-state index contributed by atoms with van der Waals surface area (Å²) in [5.41, 5.74) is 8.51. The first-order valence-electron chi connectivity index (χ1n) is 6.42. The number of hydrogen-bond donors (Lipinski definition) is 2. The van der Waals surface area contributed by atoms with Crippen LogP contribution in [0.5, 0.6) is 0 Å². The fourth-order valence-electron chi connectivity index (χ4n) is 1.91. The van der Waals surface area contributed by atoms with Gasteiger partial charge in [0.1, 0.15) is 5.82 Å². The van der Waals surface area contributed by atoms with Crippen molar-refractivity contribution in [2.45, 2.75) is 19.9 Å².